The summed E-state index contributed by atoms with van der Waals surface area (Å²) in [4.78, 5) is 0. The molecule has 0 spiro atoms. The van der Waals surface area contributed by atoms with E-state index in [4.69, 9.17) is 18.9 Å². The summed E-state index contributed by atoms with van der Waals surface area (Å²) >= 11 is 0. The molecule has 2 aliphatic heterocycles. The van der Waals surface area contributed by atoms with Crippen LogP contribution in [-0.4, -0.2) is 45.6 Å². The Morgan fingerprint density at radius 1 is 1.11 bits per heavy atom. The molecular formula is C20H25F3O5. The van der Waals surface area contributed by atoms with Crippen LogP contribution in [0.15, 0.2) is 30.4 Å². The normalized spacial score (nSPS) is 28.8. The van der Waals surface area contributed by atoms with Gasteiger partial charge in [0.25, 0.3) is 0 Å². The van der Waals surface area contributed by atoms with Gasteiger partial charge in [-0.15, -0.1) is 0 Å². The van der Waals surface area contributed by atoms with Gasteiger partial charge < -0.3 is 23.7 Å². The van der Waals surface area contributed by atoms with Gasteiger partial charge in [-0.25, -0.2) is 4.39 Å². The summed E-state index contributed by atoms with van der Waals surface area (Å²) in [5, 5.41) is 0. The lowest BCUT2D eigenvalue weighted by Crippen LogP contribution is -2.44. The van der Waals surface area contributed by atoms with E-state index in [-0.39, 0.29) is 18.1 Å². The van der Waals surface area contributed by atoms with Crippen molar-refractivity contribution >= 4 is 0 Å². The molecule has 0 saturated carbocycles. The summed E-state index contributed by atoms with van der Waals surface area (Å²) in [5.74, 6) is -0.995. The highest BCUT2D eigenvalue weighted by molar-refractivity contribution is 5.29. The Kier molecular flexibility index (Phi) is 7.73. The zero-order valence-electron chi connectivity index (χ0n) is 15.7. The summed E-state index contributed by atoms with van der Waals surface area (Å²) in [6, 6.07) is 3.94. The molecule has 1 aromatic carbocycles. The van der Waals surface area contributed by atoms with Crippen molar-refractivity contribution in [3.63, 3.8) is 0 Å². The molecular weight excluding hydrogens is 377 g/mol. The number of allylic oxidation sites excluding steroid dienone is 1. The number of benzene rings is 1. The minimum Gasteiger partial charge on any atom is -0.432 e. The molecule has 2 saturated heterocycles. The number of rotatable bonds is 7. The highest BCUT2D eigenvalue weighted by Gasteiger charge is 2.33. The number of aryl methyl sites for hydroxylation is 1. The van der Waals surface area contributed by atoms with Crippen LogP contribution in [0.1, 0.15) is 18.9 Å². The number of hydrogen-bond acceptors (Lipinski definition) is 5. The van der Waals surface area contributed by atoms with E-state index >= 15 is 0 Å². The van der Waals surface area contributed by atoms with Crippen LogP contribution in [0.5, 0.6) is 5.75 Å². The quantitative estimate of drug-likeness (QED) is 0.647. The molecule has 0 atom stereocenters. The molecule has 0 aromatic heterocycles. The molecule has 0 unspecified atom stereocenters. The molecule has 0 amide bonds. The summed E-state index contributed by atoms with van der Waals surface area (Å²) < 4.78 is 65.2. The molecule has 2 aliphatic rings. The first-order valence-corrected chi connectivity index (χ1v) is 9.37. The minimum absolute atomic E-state index is 0.00558. The second kappa shape index (κ2) is 10.2. The molecule has 1 aromatic rings. The van der Waals surface area contributed by atoms with Crippen molar-refractivity contribution < 1.29 is 36.9 Å². The third kappa shape index (κ3) is 5.94. The highest BCUT2D eigenvalue weighted by Crippen LogP contribution is 2.25. The summed E-state index contributed by atoms with van der Waals surface area (Å²) in [7, 11) is 0. The monoisotopic (exact) mass is 402 g/mol. The highest BCUT2D eigenvalue weighted by atomic mass is 19.3. The molecule has 5 nitrogen and oxygen atoms in total. The van der Waals surface area contributed by atoms with Crippen LogP contribution in [0.25, 0.3) is 0 Å². The number of halogens is 3. The predicted molar refractivity (Wildman–Crippen MR) is 94.5 cm³/mol. The van der Waals surface area contributed by atoms with Crippen LogP contribution in [0, 0.1) is 17.7 Å². The fraction of sp³-hybridized carbons (Fsp3) is 0.600. The Morgan fingerprint density at radius 3 is 2.43 bits per heavy atom. The van der Waals surface area contributed by atoms with E-state index in [1.165, 1.54) is 12.1 Å². The Morgan fingerprint density at radius 2 is 1.82 bits per heavy atom. The predicted octanol–water partition coefficient (Wildman–Crippen LogP) is 3.91. The standard InChI is InChI=1S/C20H25F3O5/c1-2-3-14-9-26-19(27-10-14)15-11-24-18(25-12-15)7-5-13-4-6-17(16(21)8-13)28-20(22)23/h2-4,6,8,14-15,18-20H,5,7,9-12H2,1H3/b3-2+. The molecule has 0 bridgehead atoms. The smallest absolute Gasteiger partial charge is 0.387 e. The van der Waals surface area contributed by atoms with Gasteiger partial charge in [0.2, 0.25) is 0 Å². The van der Waals surface area contributed by atoms with E-state index < -0.39 is 24.5 Å². The molecule has 156 valence electrons. The summed E-state index contributed by atoms with van der Waals surface area (Å²) in [5.41, 5.74) is 0.655. The molecule has 2 fully saturated rings. The van der Waals surface area contributed by atoms with Gasteiger partial charge in [-0.3, -0.25) is 0 Å². The van der Waals surface area contributed by atoms with E-state index in [0.29, 0.717) is 44.8 Å². The van der Waals surface area contributed by atoms with E-state index in [1.807, 2.05) is 13.0 Å². The van der Waals surface area contributed by atoms with Crippen LogP contribution in [0.2, 0.25) is 0 Å². The maximum Gasteiger partial charge on any atom is 0.387 e. The number of alkyl halides is 2. The Balaban J connectivity index is 1.39. The van der Waals surface area contributed by atoms with Gasteiger partial charge in [-0.05, 0) is 31.0 Å². The van der Waals surface area contributed by atoms with Gasteiger partial charge in [0.1, 0.15) is 0 Å². The Labute approximate surface area is 162 Å². The van der Waals surface area contributed by atoms with E-state index in [2.05, 4.69) is 10.8 Å². The lowest BCUT2D eigenvalue weighted by atomic mass is 10.1. The molecule has 0 radical (unpaired) electrons. The van der Waals surface area contributed by atoms with E-state index in [1.54, 1.807) is 6.07 Å². The lowest BCUT2D eigenvalue weighted by molar-refractivity contribution is -0.278. The Hall–Kier alpha value is -1.61. The van der Waals surface area contributed by atoms with Gasteiger partial charge >= 0.3 is 6.61 Å². The first-order chi connectivity index (χ1) is 13.5. The molecule has 2 heterocycles. The maximum atomic E-state index is 13.8. The number of hydrogen-bond donors (Lipinski definition) is 0. The van der Waals surface area contributed by atoms with Gasteiger partial charge in [-0.1, -0.05) is 18.2 Å². The molecule has 0 N–H and O–H groups in total. The zero-order chi connectivity index (χ0) is 19.9. The maximum absolute atomic E-state index is 13.8. The Bertz CT molecular complexity index is 639. The van der Waals surface area contributed by atoms with Crippen LogP contribution in [-0.2, 0) is 25.4 Å². The van der Waals surface area contributed by atoms with Gasteiger partial charge in [0.15, 0.2) is 24.1 Å². The largest absolute Gasteiger partial charge is 0.432 e. The van der Waals surface area contributed by atoms with Gasteiger partial charge in [0, 0.05) is 12.3 Å². The van der Waals surface area contributed by atoms with Crippen molar-refractivity contribution in [2.45, 2.75) is 39.0 Å². The van der Waals surface area contributed by atoms with Crippen molar-refractivity contribution in [2.75, 3.05) is 26.4 Å². The second-order valence-electron chi connectivity index (χ2n) is 6.86. The van der Waals surface area contributed by atoms with Crippen molar-refractivity contribution in [1.82, 2.24) is 0 Å². The minimum atomic E-state index is -3.05. The molecule has 3 rings (SSSR count). The molecule has 28 heavy (non-hydrogen) atoms. The first kappa shape index (κ1) is 21.1. The lowest BCUT2D eigenvalue weighted by Gasteiger charge is -2.37. The van der Waals surface area contributed by atoms with Crippen LogP contribution >= 0.6 is 0 Å². The fourth-order valence-electron chi connectivity index (χ4n) is 3.25. The molecule has 0 aliphatic carbocycles. The van der Waals surface area contributed by atoms with Gasteiger partial charge in [0.05, 0.1) is 32.3 Å². The van der Waals surface area contributed by atoms with E-state index in [9.17, 15) is 13.2 Å². The van der Waals surface area contributed by atoms with Crippen molar-refractivity contribution in [3.8, 4) is 5.75 Å². The van der Waals surface area contributed by atoms with Crippen LogP contribution in [0.4, 0.5) is 13.2 Å². The molecule has 8 heteroatoms. The fourth-order valence-corrected chi connectivity index (χ4v) is 3.25. The van der Waals surface area contributed by atoms with Crippen molar-refractivity contribution in [1.29, 1.82) is 0 Å². The number of ether oxygens (including phenoxy) is 5. The van der Waals surface area contributed by atoms with Gasteiger partial charge in [-0.2, -0.15) is 8.78 Å². The topological polar surface area (TPSA) is 46.2 Å². The zero-order valence-corrected chi connectivity index (χ0v) is 15.7. The third-order valence-electron chi connectivity index (χ3n) is 4.67. The average molecular weight is 402 g/mol. The van der Waals surface area contributed by atoms with Crippen molar-refractivity contribution in [3.05, 3.63) is 41.7 Å². The van der Waals surface area contributed by atoms with E-state index in [0.717, 1.165) is 0 Å². The second-order valence-corrected chi connectivity index (χ2v) is 6.86. The third-order valence-corrected chi connectivity index (χ3v) is 4.67. The summed E-state index contributed by atoms with van der Waals surface area (Å²) in [6.45, 7) is 1.06. The van der Waals surface area contributed by atoms with Crippen LogP contribution < -0.4 is 4.74 Å². The summed E-state index contributed by atoms with van der Waals surface area (Å²) in [6.07, 6.45) is 4.32. The van der Waals surface area contributed by atoms with Crippen molar-refractivity contribution in [2.24, 2.45) is 11.8 Å². The van der Waals surface area contributed by atoms with Crippen LogP contribution in [0.3, 0.4) is 0 Å². The first-order valence-electron chi connectivity index (χ1n) is 9.37. The average Bonchev–Trinajstić information content (AvgIpc) is 2.69. The SMILES string of the molecule is C/C=C/C1COC(C2COC(CCc3ccc(OC(F)F)c(F)c3)OC2)OC1.